The first-order valence-electron chi connectivity index (χ1n) is 7.42. The maximum atomic E-state index is 12.1. The second-order valence-electron chi connectivity index (χ2n) is 5.49. The zero-order valence-electron chi connectivity index (χ0n) is 13.3. The predicted octanol–water partition coefficient (Wildman–Crippen LogP) is 1.68. The molecule has 1 unspecified atom stereocenters. The lowest BCUT2D eigenvalue weighted by molar-refractivity contribution is -0.129. The average Bonchev–Trinajstić information content (AvgIpc) is 2.48. The van der Waals surface area contributed by atoms with Crippen LogP contribution in [0.3, 0.4) is 0 Å². The molecule has 1 aliphatic heterocycles. The minimum absolute atomic E-state index is 0. The molecule has 1 aromatic carbocycles. The Morgan fingerprint density at radius 3 is 2.77 bits per heavy atom. The molecule has 124 valence electrons. The molecule has 0 radical (unpaired) electrons. The molecule has 1 fully saturated rings. The Labute approximate surface area is 138 Å². The summed E-state index contributed by atoms with van der Waals surface area (Å²) >= 11 is 0. The summed E-state index contributed by atoms with van der Waals surface area (Å²) in [5, 5.41) is 6.08. The molecule has 1 saturated heterocycles. The lowest BCUT2D eigenvalue weighted by Gasteiger charge is -2.29. The van der Waals surface area contributed by atoms with E-state index in [-0.39, 0.29) is 36.6 Å². The van der Waals surface area contributed by atoms with Gasteiger partial charge in [-0.15, -0.1) is 12.4 Å². The second-order valence-corrected chi connectivity index (χ2v) is 5.49. The van der Waals surface area contributed by atoms with Crippen molar-refractivity contribution in [3.8, 4) is 5.75 Å². The first-order valence-corrected chi connectivity index (χ1v) is 7.42. The first-order chi connectivity index (χ1) is 10.1. The molecule has 3 atom stereocenters. The van der Waals surface area contributed by atoms with E-state index >= 15 is 0 Å². The Hall–Kier alpha value is -1.30. The maximum Gasteiger partial charge on any atom is 0.239 e. The van der Waals surface area contributed by atoms with Gasteiger partial charge in [-0.05, 0) is 32.9 Å². The highest BCUT2D eigenvalue weighted by Gasteiger charge is 2.28. The van der Waals surface area contributed by atoms with Gasteiger partial charge in [0.05, 0.1) is 19.3 Å². The highest BCUT2D eigenvalue weighted by Crippen LogP contribution is 2.13. The summed E-state index contributed by atoms with van der Waals surface area (Å²) in [6, 6.07) is 7.60. The third-order valence-corrected chi connectivity index (χ3v) is 3.52. The van der Waals surface area contributed by atoms with E-state index in [1.54, 1.807) is 0 Å². The number of rotatable bonds is 5. The number of halogens is 1. The van der Waals surface area contributed by atoms with Gasteiger partial charge in [0.2, 0.25) is 5.91 Å². The van der Waals surface area contributed by atoms with E-state index < -0.39 is 0 Å². The van der Waals surface area contributed by atoms with Crippen molar-refractivity contribution in [3.63, 3.8) is 0 Å². The van der Waals surface area contributed by atoms with Crippen molar-refractivity contribution in [2.75, 3.05) is 19.7 Å². The van der Waals surface area contributed by atoms with E-state index in [0.717, 1.165) is 5.75 Å². The third kappa shape index (κ3) is 5.48. The Kier molecular flexibility index (Phi) is 7.65. The van der Waals surface area contributed by atoms with Crippen LogP contribution < -0.4 is 15.4 Å². The summed E-state index contributed by atoms with van der Waals surface area (Å²) in [7, 11) is 0. The molecule has 1 aromatic rings. The third-order valence-electron chi connectivity index (χ3n) is 3.52. The first kappa shape index (κ1) is 18.7. The van der Waals surface area contributed by atoms with Gasteiger partial charge in [0.25, 0.3) is 0 Å². The fraction of sp³-hybridized carbons (Fsp3) is 0.562. The van der Waals surface area contributed by atoms with Crippen LogP contribution in [-0.2, 0) is 9.53 Å². The van der Waals surface area contributed by atoms with Gasteiger partial charge in [-0.3, -0.25) is 4.79 Å². The van der Waals surface area contributed by atoms with E-state index in [2.05, 4.69) is 10.6 Å². The zero-order chi connectivity index (χ0) is 15.2. The molecular weight excluding hydrogens is 304 g/mol. The smallest absolute Gasteiger partial charge is 0.239 e. The lowest BCUT2D eigenvalue weighted by Crippen LogP contribution is -2.56. The van der Waals surface area contributed by atoms with Crippen LogP contribution in [0.1, 0.15) is 19.4 Å². The van der Waals surface area contributed by atoms with Crippen molar-refractivity contribution in [2.24, 2.45) is 0 Å². The van der Waals surface area contributed by atoms with Gasteiger partial charge in [-0.1, -0.05) is 17.7 Å². The van der Waals surface area contributed by atoms with Crippen LogP contribution in [-0.4, -0.2) is 43.9 Å². The van der Waals surface area contributed by atoms with E-state index in [4.69, 9.17) is 9.47 Å². The summed E-state index contributed by atoms with van der Waals surface area (Å²) in [5.41, 5.74) is 1.20. The Balaban J connectivity index is 0.00000242. The number of nitrogens with one attached hydrogen (secondary N) is 2. The summed E-state index contributed by atoms with van der Waals surface area (Å²) < 4.78 is 11.2. The molecule has 1 heterocycles. The molecule has 0 aliphatic carbocycles. The second kappa shape index (κ2) is 8.98. The van der Waals surface area contributed by atoms with Crippen molar-refractivity contribution in [1.29, 1.82) is 0 Å². The topological polar surface area (TPSA) is 59.6 Å². The minimum Gasteiger partial charge on any atom is -0.489 e. The van der Waals surface area contributed by atoms with E-state index in [0.29, 0.717) is 19.7 Å². The zero-order valence-corrected chi connectivity index (χ0v) is 14.1. The fourth-order valence-electron chi connectivity index (χ4n) is 2.27. The van der Waals surface area contributed by atoms with Crippen LogP contribution in [0.15, 0.2) is 24.3 Å². The maximum absolute atomic E-state index is 12.1. The SMILES string of the molecule is Cc1ccc(OC(C)CNC(=O)[C@H]2NCCO[C@@H]2C)cc1.Cl. The number of amides is 1. The van der Waals surface area contributed by atoms with Crippen LogP contribution in [0.4, 0.5) is 0 Å². The Morgan fingerprint density at radius 2 is 2.14 bits per heavy atom. The van der Waals surface area contributed by atoms with Gasteiger partial charge in [0, 0.05) is 6.54 Å². The summed E-state index contributed by atoms with van der Waals surface area (Å²) in [5.74, 6) is 0.774. The molecule has 1 amide bonds. The highest BCUT2D eigenvalue weighted by molar-refractivity contribution is 5.85. The van der Waals surface area contributed by atoms with Crippen LogP contribution in [0.5, 0.6) is 5.75 Å². The number of aryl methyl sites for hydroxylation is 1. The number of benzene rings is 1. The average molecular weight is 329 g/mol. The number of ether oxygens (including phenoxy) is 2. The van der Waals surface area contributed by atoms with Gasteiger partial charge in [0.1, 0.15) is 17.9 Å². The van der Waals surface area contributed by atoms with Crippen molar-refractivity contribution in [1.82, 2.24) is 10.6 Å². The number of carbonyl (C=O) groups is 1. The van der Waals surface area contributed by atoms with Gasteiger partial charge >= 0.3 is 0 Å². The molecule has 0 aromatic heterocycles. The van der Waals surface area contributed by atoms with Crippen molar-refractivity contribution in [3.05, 3.63) is 29.8 Å². The largest absolute Gasteiger partial charge is 0.489 e. The van der Waals surface area contributed by atoms with E-state index in [1.807, 2.05) is 45.0 Å². The van der Waals surface area contributed by atoms with Gasteiger partial charge < -0.3 is 20.1 Å². The Morgan fingerprint density at radius 1 is 1.45 bits per heavy atom. The summed E-state index contributed by atoms with van der Waals surface area (Å²) in [4.78, 5) is 12.1. The highest BCUT2D eigenvalue weighted by atomic mass is 35.5. The normalized spacial score (nSPS) is 22.3. The molecule has 1 aliphatic rings. The van der Waals surface area contributed by atoms with Crippen LogP contribution in [0, 0.1) is 6.92 Å². The number of morpholine rings is 1. The Bertz CT molecular complexity index is 467. The van der Waals surface area contributed by atoms with Crippen LogP contribution in [0.25, 0.3) is 0 Å². The predicted molar refractivity (Wildman–Crippen MR) is 88.7 cm³/mol. The summed E-state index contributed by atoms with van der Waals surface area (Å²) in [6.45, 7) is 7.71. The van der Waals surface area contributed by atoms with Gasteiger partial charge in [-0.25, -0.2) is 0 Å². The number of hydrogen-bond acceptors (Lipinski definition) is 4. The molecule has 0 bridgehead atoms. The number of hydrogen-bond donors (Lipinski definition) is 2. The summed E-state index contributed by atoms with van der Waals surface area (Å²) in [6.07, 6.45) is -0.191. The molecule has 0 spiro atoms. The number of carbonyl (C=O) groups excluding carboxylic acids is 1. The minimum atomic E-state index is -0.287. The van der Waals surface area contributed by atoms with Gasteiger partial charge in [-0.2, -0.15) is 0 Å². The molecule has 0 saturated carbocycles. The molecule has 5 nitrogen and oxygen atoms in total. The molecule has 2 N–H and O–H groups in total. The van der Waals surface area contributed by atoms with Crippen LogP contribution in [0.2, 0.25) is 0 Å². The van der Waals surface area contributed by atoms with E-state index in [1.165, 1.54) is 5.56 Å². The lowest BCUT2D eigenvalue weighted by atomic mass is 10.1. The van der Waals surface area contributed by atoms with Crippen molar-refractivity contribution >= 4 is 18.3 Å². The van der Waals surface area contributed by atoms with Gasteiger partial charge in [0.15, 0.2) is 0 Å². The fourth-order valence-corrected chi connectivity index (χ4v) is 2.27. The molecular formula is C16H25ClN2O3. The van der Waals surface area contributed by atoms with Crippen LogP contribution >= 0.6 is 12.4 Å². The van der Waals surface area contributed by atoms with Crippen molar-refractivity contribution < 1.29 is 14.3 Å². The quantitative estimate of drug-likeness (QED) is 0.863. The molecule has 22 heavy (non-hydrogen) atoms. The van der Waals surface area contributed by atoms with Crippen molar-refractivity contribution in [2.45, 2.75) is 39.0 Å². The monoisotopic (exact) mass is 328 g/mol. The molecule has 6 heteroatoms. The molecule has 2 rings (SSSR count). The standard InChI is InChI=1S/C16H24N2O3.ClH/c1-11-4-6-14(7-5-11)21-12(2)10-18-16(19)15-13(3)20-9-8-17-15;/h4-7,12-13,15,17H,8-10H2,1-3H3,(H,18,19);1H/t12?,13-,15+;/m1./s1. The van der Waals surface area contributed by atoms with E-state index in [9.17, 15) is 4.79 Å².